The maximum Gasteiger partial charge on any atom is 0.356 e. The molecule has 1 aromatic heterocycles. The van der Waals surface area contributed by atoms with Crippen LogP contribution >= 0.6 is 0 Å². The van der Waals surface area contributed by atoms with Gasteiger partial charge in [0.25, 0.3) is 0 Å². The lowest BCUT2D eigenvalue weighted by Crippen LogP contribution is -2.35. The van der Waals surface area contributed by atoms with E-state index in [1.807, 2.05) is 25.1 Å². The van der Waals surface area contributed by atoms with Gasteiger partial charge in [0.15, 0.2) is 12.0 Å². The van der Waals surface area contributed by atoms with Crippen molar-refractivity contribution in [2.24, 2.45) is 4.99 Å². The molecule has 0 unspecified atom stereocenters. The van der Waals surface area contributed by atoms with Crippen LogP contribution in [0.3, 0.4) is 0 Å². The number of carboxylic acid groups (broad SMARTS) is 1. The van der Waals surface area contributed by atoms with Crippen molar-refractivity contribution >= 4 is 11.8 Å². The van der Waals surface area contributed by atoms with E-state index in [2.05, 4.69) is 15.3 Å². The van der Waals surface area contributed by atoms with Gasteiger partial charge in [-0.3, -0.25) is 9.56 Å². The number of carbonyl (C=O) groups is 1. The monoisotopic (exact) mass is 344 g/mol. The van der Waals surface area contributed by atoms with Crippen LogP contribution in [0.25, 0.3) is 5.69 Å². The van der Waals surface area contributed by atoms with Gasteiger partial charge in [-0.2, -0.15) is 0 Å². The zero-order valence-electron chi connectivity index (χ0n) is 14.3. The Hall–Kier alpha value is -2.71. The van der Waals surface area contributed by atoms with Crippen LogP contribution in [0.15, 0.2) is 29.5 Å². The molecule has 1 aliphatic heterocycles. The molecular weight excluding hydrogens is 324 g/mol. The molecule has 1 aliphatic rings. The number of nitrogens with one attached hydrogen (secondary N) is 1. The van der Waals surface area contributed by atoms with Gasteiger partial charge >= 0.3 is 5.97 Å². The van der Waals surface area contributed by atoms with E-state index < -0.39 is 12.3 Å². The topological polar surface area (TPSA) is 98.0 Å². The summed E-state index contributed by atoms with van der Waals surface area (Å²) in [5, 5.41) is 12.6. The smallest absolute Gasteiger partial charge is 0.356 e. The molecular formula is C17H20N4O4. The number of aryl methyl sites for hydroxylation is 1. The number of ether oxygens (including phenoxy) is 2. The highest BCUT2D eigenvalue weighted by atomic mass is 16.7. The zero-order valence-corrected chi connectivity index (χ0v) is 14.3. The Morgan fingerprint density at radius 2 is 2.16 bits per heavy atom. The van der Waals surface area contributed by atoms with E-state index in [-0.39, 0.29) is 12.2 Å². The van der Waals surface area contributed by atoms with Crippen molar-refractivity contribution in [3.8, 4) is 5.69 Å². The quantitative estimate of drug-likeness (QED) is 0.795. The van der Waals surface area contributed by atoms with Crippen molar-refractivity contribution in [1.82, 2.24) is 14.9 Å². The number of imidazole rings is 1. The standard InChI is InChI=1S/C17H20N4O4/c1-10-4-5-12-11(6-10)16(19-8-14(24-2)25-3)18-7-13-15(17(22)23)20-9-21(12)13/h4-6,9,14H,7-8H2,1-3H3,(H,18,19)(H,22,23). The van der Waals surface area contributed by atoms with E-state index in [4.69, 9.17) is 9.47 Å². The lowest BCUT2D eigenvalue weighted by Gasteiger charge is -2.17. The summed E-state index contributed by atoms with van der Waals surface area (Å²) in [4.78, 5) is 20.0. The van der Waals surface area contributed by atoms with Crippen LogP contribution in [0.2, 0.25) is 0 Å². The first-order valence-corrected chi connectivity index (χ1v) is 7.80. The minimum absolute atomic E-state index is 0.0168. The van der Waals surface area contributed by atoms with Gasteiger partial charge in [0.05, 0.1) is 24.5 Å². The normalized spacial score (nSPS) is 13.0. The molecule has 0 amide bonds. The lowest BCUT2D eigenvalue weighted by atomic mass is 10.1. The third kappa shape index (κ3) is 3.26. The first kappa shape index (κ1) is 17.1. The van der Waals surface area contributed by atoms with Gasteiger partial charge in [0, 0.05) is 19.8 Å². The Morgan fingerprint density at radius 1 is 1.40 bits per heavy atom. The highest BCUT2D eigenvalue weighted by molar-refractivity contribution is 6.02. The van der Waals surface area contributed by atoms with Gasteiger partial charge in [-0.1, -0.05) is 11.6 Å². The molecule has 2 N–H and O–H groups in total. The van der Waals surface area contributed by atoms with Crippen molar-refractivity contribution in [3.63, 3.8) is 0 Å². The number of carboxylic acids is 1. The number of methoxy groups -OCH3 is 2. The highest BCUT2D eigenvalue weighted by Crippen LogP contribution is 2.24. The van der Waals surface area contributed by atoms with Crippen LogP contribution in [0, 0.1) is 6.92 Å². The molecule has 0 saturated heterocycles. The van der Waals surface area contributed by atoms with Crippen LogP contribution in [0.1, 0.15) is 27.3 Å². The fourth-order valence-electron chi connectivity index (χ4n) is 2.79. The Bertz CT molecular complexity index is 824. The molecule has 2 aromatic rings. The molecule has 0 spiro atoms. The first-order chi connectivity index (χ1) is 12.0. The van der Waals surface area contributed by atoms with E-state index in [0.717, 1.165) is 16.8 Å². The van der Waals surface area contributed by atoms with Crippen LogP contribution < -0.4 is 5.32 Å². The predicted molar refractivity (Wildman–Crippen MR) is 91.3 cm³/mol. The largest absolute Gasteiger partial charge is 0.476 e. The van der Waals surface area contributed by atoms with Crippen LogP contribution in [0.4, 0.5) is 0 Å². The number of rotatable bonds is 5. The van der Waals surface area contributed by atoms with Crippen molar-refractivity contribution in [2.75, 3.05) is 20.8 Å². The molecule has 2 heterocycles. The summed E-state index contributed by atoms with van der Waals surface area (Å²) >= 11 is 0. The van der Waals surface area contributed by atoms with Crippen molar-refractivity contribution < 1.29 is 19.4 Å². The van der Waals surface area contributed by atoms with Crippen molar-refractivity contribution in [1.29, 1.82) is 0 Å². The number of aromatic carboxylic acids is 1. The van der Waals surface area contributed by atoms with Crippen molar-refractivity contribution in [3.05, 3.63) is 47.0 Å². The fourth-order valence-corrected chi connectivity index (χ4v) is 2.79. The summed E-state index contributed by atoms with van der Waals surface area (Å²) in [5.74, 6) is -0.398. The summed E-state index contributed by atoms with van der Waals surface area (Å²) in [6, 6.07) is 5.92. The van der Waals surface area contributed by atoms with Gasteiger partial charge in [0.1, 0.15) is 12.2 Å². The SMILES string of the molecule is COC(CNC1=NCc2c(C(=O)O)ncn2-c2ccc(C)cc21)OC. The zero-order chi connectivity index (χ0) is 18.0. The second kappa shape index (κ2) is 7.04. The lowest BCUT2D eigenvalue weighted by molar-refractivity contribution is -0.0965. The summed E-state index contributed by atoms with van der Waals surface area (Å²) in [6.45, 7) is 2.62. The number of aliphatic imine (C=N–C) groups is 1. The summed E-state index contributed by atoms with van der Waals surface area (Å²) in [6.07, 6.45) is 1.12. The average molecular weight is 344 g/mol. The number of nitrogens with zero attached hydrogens (tertiary/aromatic N) is 3. The van der Waals surface area contributed by atoms with Crippen molar-refractivity contribution in [2.45, 2.75) is 19.8 Å². The van der Waals surface area contributed by atoms with Crippen LogP contribution in [-0.4, -0.2) is 53.5 Å². The number of aromatic nitrogens is 2. The second-order valence-corrected chi connectivity index (χ2v) is 5.68. The molecule has 8 heteroatoms. The molecule has 8 nitrogen and oxygen atoms in total. The van der Waals surface area contributed by atoms with Gasteiger partial charge in [0.2, 0.25) is 0 Å². The Morgan fingerprint density at radius 3 is 2.84 bits per heavy atom. The minimum atomic E-state index is -1.06. The van der Waals surface area contributed by atoms with Gasteiger partial charge in [-0.15, -0.1) is 0 Å². The van der Waals surface area contributed by atoms with Gasteiger partial charge in [-0.25, -0.2) is 9.78 Å². The average Bonchev–Trinajstić information content (AvgIpc) is 2.96. The fraction of sp³-hybridized carbons (Fsp3) is 0.353. The predicted octanol–water partition coefficient (Wildman–Crippen LogP) is 1.35. The molecule has 0 fully saturated rings. The summed E-state index contributed by atoms with van der Waals surface area (Å²) in [7, 11) is 3.14. The van der Waals surface area contributed by atoms with E-state index in [9.17, 15) is 9.90 Å². The minimum Gasteiger partial charge on any atom is -0.476 e. The van der Waals surface area contributed by atoms with Crippen LogP contribution in [-0.2, 0) is 16.0 Å². The second-order valence-electron chi connectivity index (χ2n) is 5.68. The molecule has 0 saturated carbocycles. The van der Waals surface area contributed by atoms with Gasteiger partial charge in [-0.05, 0) is 19.1 Å². The molecule has 0 aliphatic carbocycles. The number of hydrogen-bond donors (Lipinski definition) is 2. The van der Waals surface area contributed by atoms with Gasteiger partial charge < -0.3 is 19.9 Å². The Kier molecular flexibility index (Phi) is 4.82. The number of fused-ring (bicyclic) bond motifs is 3. The number of hydrogen-bond acceptors (Lipinski definition) is 6. The van der Waals surface area contributed by atoms with E-state index in [1.165, 1.54) is 6.33 Å². The summed E-state index contributed by atoms with van der Waals surface area (Å²) in [5.41, 5.74) is 3.34. The molecule has 0 atom stereocenters. The molecule has 132 valence electrons. The number of benzene rings is 1. The molecule has 3 rings (SSSR count). The van der Waals surface area contributed by atoms with E-state index >= 15 is 0 Å². The Balaban J connectivity index is 2.04. The van der Waals surface area contributed by atoms with Crippen LogP contribution in [0.5, 0.6) is 0 Å². The highest BCUT2D eigenvalue weighted by Gasteiger charge is 2.23. The number of amidine groups is 1. The molecule has 0 radical (unpaired) electrons. The maximum atomic E-state index is 11.4. The molecule has 0 bridgehead atoms. The Labute approximate surface area is 145 Å². The third-order valence-corrected chi connectivity index (χ3v) is 4.08. The maximum absolute atomic E-state index is 11.4. The first-order valence-electron chi connectivity index (χ1n) is 7.80. The molecule has 25 heavy (non-hydrogen) atoms. The molecule has 1 aromatic carbocycles. The summed E-state index contributed by atoms with van der Waals surface area (Å²) < 4.78 is 12.2. The van der Waals surface area contributed by atoms with E-state index in [1.54, 1.807) is 18.8 Å². The third-order valence-electron chi connectivity index (χ3n) is 4.08. The van der Waals surface area contributed by atoms with E-state index in [0.29, 0.717) is 18.1 Å².